The molecule has 0 radical (unpaired) electrons. The van der Waals surface area contributed by atoms with Gasteiger partial charge in [0, 0.05) is 31.6 Å². The van der Waals surface area contributed by atoms with Gasteiger partial charge in [-0.1, -0.05) is 18.2 Å². The van der Waals surface area contributed by atoms with E-state index in [1.54, 1.807) is 18.7 Å². The number of furan rings is 1. The molecule has 26 heavy (non-hydrogen) atoms. The van der Waals surface area contributed by atoms with Crippen LogP contribution in [0.5, 0.6) is 0 Å². The number of amides is 1. The van der Waals surface area contributed by atoms with E-state index in [9.17, 15) is 9.59 Å². The van der Waals surface area contributed by atoms with Gasteiger partial charge in [-0.2, -0.15) is 0 Å². The van der Waals surface area contributed by atoms with Gasteiger partial charge in [0.15, 0.2) is 0 Å². The Morgan fingerprint density at radius 3 is 2.42 bits per heavy atom. The van der Waals surface area contributed by atoms with Crippen LogP contribution in [-0.2, 0) is 16.0 Å². The van der Waals surface area contributed by atoms with Gasteiger partial charge < -0.3 is 18.8 Å². The number of ether oxygens (including phenoxy) is 2. The summed E-state index contributed by atoms with van der Waals surface area (Å²) in [5, 5.41) is 0.770. The van der Waals surface area contributed by atoms with E-state index in [1.807, 2.05) is 24.3 Å². The SMILES string of the molecule is CCOC(=O)c1c(CN2CCN(C(=O)OCC)CC2)oc2ccccc12. The molecule has 0 spiro atoms. The first-order valence-corrected chi connectivity index (χ1v) is 8.95. The third-order valence-electron chi connectivity index (χ3n) is 4.41. The molecule has 1 saturated heterocycles. The van der Waals surface area contributed by atoms with Gasteiger partial charge in [-0.25, -0.2) is 9.59 Å². The highest BCUT2D eigenvalue weighted by Crippen LogP contribution is 2.28. The molecule has 1 aromatic heterocycles. The van der Waals surface area contributed by atoms with Crippen LogP contribution in [0.15, 0.2) is 28.7 Å². The fraction of sp³-hybridized carbons (Fsp3) is 0.474. The summed E-state index contributed by atoms with van der Waals surface area (Å²) in [7, 11) is 0. The maximum Gasteiger partial charge on any atom is 0.409 e. The van der Waals surface area contributed by atoms with Crippen LogP contribution in [0.25, 0.3) is 11.0 Å². The van der Waals surface area contributed by atoms with Crippen LogP contribution in [0, 0.1) is 0 Å². The fourth-order valence-electron chi connectivity index (χ4n) is 3.14. The molecule has 0 N–H and O–H groups in total. The second kappa shape index (κ2) is 8.23. The Bertz CT molecular complexity index is 777. The second-order valence-electron chi connectivity index (χ2n) is 6.08. The molecule has 0 aliphatic carbocycles. The van der Waals surface area contributed by atoms with Crippen LogP contribution >= 0.6 is 0 Å². The van der Waals surface area contributed by atoms with E-state index in [0.29, 0.717) is 62.8 Å². The zero-order valence-electron chi connectivity index (χ0n) is 15.2. The zero-order chi connectivity index (χ0) is 18.5. The molecule has 2 aromatic rings. The van der Waals surface area contributed by atoms with Crippen LogP contribution in [0.4, 0.5) is 4.79 Å². The van der Waals surface area contributed by atoms with Crippen molar-refractivity contribution in [2.45, 2.75) is 20.4 Å². The first-order chi connectivity index (χ1) is 12.6. The van der Waals surface area contributed by atoms with Crippen molar-refractivity contribution in [3.8, 4) is 0 Å². The van der Waals surface area contributed by atoms with E-state index in [-0.39, 0.29) is 12.1 Å². The summed E-state index contributed by atoms with van der Waals surface area (Å²) in [5.74, 6) is 0.242. The third-order valence-corrected chi connectivity index (χ3v) is 4.41. The molecule has 140 valence electrons. The molecule has 0 atom stereocenters. The van der Waals surface area contributed by atoms with E-state index in [0.717, 1.165) is 5.39 Å². The van der Waals surface area contributed by atoms with Crippen LogP contribution in [0.1, 0.15) is 30.0 Å². The predicted molar refractivity (Wildman–Crippen MR) is 96.0 cm³/mol. The summed E-state index contributed by atoms with van der Waals surface area (Å²) in [6.45, 7) is 7.34. The summed E-state index contributed by atoms with van der Waals surface area (Å²) in [5.41, 5.74) is 1.17. The highest BCUT2D eigenvalue weighted by Gasteiger charge is 2.26. The Kier molecular flexibility index (Phi) is 5.78. The molecule has 0 bridgehead atoms. The maximum atomic E-state index is 12.4. The molecule has 0 saturated carbocycles. The van der Waals surface area contributed by atoms with E-state index in [1.165, 1.54) is 0 Å². The smallest absolute Gasteiger partial charge is 0.409 e. The van der Waals surface area contributed by atoms with Crippen molar-refractivity contribution in [1.82, 2.24) is 9.80 Å². The molecular formula is C19H24N2O5. The van der Waals surface area contributed by atoms with Crippen LogP contribution in [0.3, 0.4) is 0 Å². The Morgan fingerprint density at radius 2 is 1.73 bits per heavy atom. The molecule has 7 heteroatoms. The number of fused-ring (bicyclic) bond motifs is 1. The first-order valence-electron chi connectivity index (χ1n) is 8.95. The van der Waals surface area contributed by atoms with Gasteiger partial charge in [0.05, 0.1) is 19.8 Å². The van der Waals surface area contributed by atoms with Crippen LogP contribution < -0.4 is 0 Å². The lowest BCUT2D eigenvalue weighted by molar-refractivity contribution is 0.0522. The van der Waals surface area contributed by atoms with Crippen LogP contribution in [-0.4, -0.2) is 61.3 Å². The minimum Gasteiger partial charge on any atom is -0.462 e. The van der Waals surface area contributed by atoms with E-state index in [2.05, 4.69) is 4.90 Å². The Balaban J connectivity index is 1.74. The highest BCUT2D eigenvalue weighted by molar-refractivity contribution is 6.04. The predicted octanol–water partition coefficient (Wildman–Crippen LogP) is 2.88. The molecule has 2 heterocycles. The number of nitrogens with zero attached hydrogens (tertiary/aromatic N) is 2. The summed E-state index contributed by atoms with van der Waals surface area (Å²) >= 11 is 0. The number of para-hydroxylation sites is 1. The Hall–Kier alpha value is -2.54. The third kappa shape index (κ3) is 3.83. The summed E-state index contributed by atoms with van der Waals surface area (Å²) in [4.78, 5) is 28.1. The number of piperazine rings is 1. The van der Waals surface area contributed by atoms with Gasteiger partial charge in [0.2, 0.25) is 0 Å². The molecule has 1 aliphatic rings. The largest absolute Gasteiger partial charge is 0.462 e. The number of rotatable bonds is 5. The molecule has 3 rings (SSSR count). The van der Waals surface area contributed by atoms with Gasteiger partial charge in [-0.3, -0.25) is 4.90 Å². The monoisotopic (exact) mass is 360 g/mol. The van der Waals surface area contributed by atoms with Gasteiger partial charge in [-0.05, 0) is 19.9 Å². The lowest BCUT2D eigenvalue weighted by Crippen LogP contribution is -2.48. The summed E-state index contributed by atoms with van der Waals surface area (Å²) in [6, 6.07) is 7.47. The normalized spacial score (nSPS) is 15.2. The second-order valence-corrected chi connectivity index (χ2v) is 6.08. The first kappa shape index (κ1) is 18.3. The van der Waals surface area contributed by atoms with Gasteiger partial charge >= 0.3 is 12.1 Å². The topological polar surface area (TPSA) is 72.2 Å². The molecule has 1 amide bonds. The van der Waals surface area contributed by atoms with Crippen molar-refractivity contribution in [3.05, 3.63) is 35.6 Å². The average molecular weight is 360 g/mol. The van der Waals surface area contributed by atoms with Gasteiger partial charge in [0.1, 0.15) is 16.9 Å². The fourth-order valence-corrected chi connectivity index (χ4v) is 3.14. The molecule has 7 nitrogen and oxygen atoms in total. The maximum absolute atomic E-state index is 12.4. The zero-order valence-corrected chi connectivity index (χ0v) is 15.2. The van der Waals surface area contributed by atoms with Crippen molar-refractivity contribution >= 4 is 23.0 Å². The quantitative estimate of drug-likeness (QED) is 0.764. The van der Waals surface area contributed by atoms with Crippen molar-refractivity contribution in [1.29, 1.82) is 0 Å². The molecular weight excluding hydrogens is 336 g/mol. The summed E-state index contributed by atoms with van der Waals surface area (Å²) < 4.78 is 16.2. The number of carbonyl (C=O) groups excluding carboxylic acids is 2. The molecule has 1 aromatic carbocycles. The minimum absolute atomic E-state index is 0.275. The van der Waals surface area contributed by atoms with Crippen molar-refractivity contribution < 1.29 is 23.5 Å². The molecule has 1 fully saturated rings. The van der Waals surface area contributed by atoms with Crippen molar-refractivity contribution in [3.63, 3.8) is 0 Å². The number of carbonyl (C=O) groups is 2. The van der Waals surface area contributed by atoms with Gasteiger partial charge in [0.25, 0.3) is 0 Å². The van der Waals surface area contributed by atoms with E-state index >= 15 is 0 Å². The number of benzene rings is 1. The van der Waals surface area contributed by atoms with Crippen molar-refractivity contribution in [2.24, 2.45) is 0 Å². The Labute approximate surface area is 152 Å². The number of esters is 1. The summed E-state index contributed by atoms with van der Waals surface area (Å²) in [6.07, 6.45) is -0.275. The minimum atomic E-state index is -0.363. The molecule has 1 aliphatic heterocycles. The lowest BCUT2D eigenvalue weighted by atomic mass is 10.1. The van der Waals surface area contributed by atoms with Crippen LogP contribution in [0.2, 0.25) is 0 Å². The number of hydrogen-bond donors (Lipinski definition) is 0. The Morgan fingerprint density at radius 1 is 1.04 bits per heavy atom. The standard InChI is InChI=1S/C19H24N2O5/c1-3-24-18(22)17-14-7-5-6-8-15(14)26-16(17)13-20-9-11-21(12-10-20)19(23)25-4-2/h5-8H,3-4,9-13H2,1-2H3. The van der Waals surface area contributed by atoms with E-state index in [4.69, 9.17) is 13.9 Å². The van der Waals surface area contributed by atoms with Crippen molar-refractivity contribution in [2.75, 3.05) is 39.4 Å². The average Bonchev–Trinajstić information content (AvgIpc) is 3.00. The van der Waals surface area contributed by atoms with E-state index < -0.39 is 0 Å². The number of hydrogen-bond acceptors (Lipinski definition) is 6. The lowest BCUT2D eigenvalue weighted by Gasteiger charge is -2.33. The molecule has 0 unspecified atom stereocenters. The van der Waals surface area contributed by atoms with Gasteiger partial charge in [-0.15, -0.1) is 0 Å². The highest BCUT2D eigenvalue weighted by atomic mass is 16.6.